The van der Waals surface area contributed by atoms with Gasteiger partial charge in [0.25, 0.3) is 0 Å². The fraction of sp³-hybridized carbons (Fsp3) is 0.333. The number of anilines is 1. The maximum absolute atomic E-state index is 12.1. The van der Waals surface area contributed by atoms with Gasteiger partial charge in [-0.25, -0.2) is 5.43 Å². The van der Waals surface area contributed by atoms with Crippen molar-refractivity contribution in [2.75, 3.05) is 12.3 Å². The second kappa shape index (κ2) is 12.8. The van der Waals surface area contributed by atoms with Gasteiger partial charge in [0, 0.05) is 22.7 Å². The highest BCUT2D eigenvalue weighted by Crippen LogP contribution is 2.21. The van der Waals surface area contributed by atoms with E-state index in [1.54, 1.807) is 6.21 Å². The number of benzene rings is 2. The molecule has 3 N–H and O–H groups in total. The minimum atomic E-state index is -0.272. The number of rotatable bonds is 13. The van der Waals surface area contributed by atoms with Crippen molar-refractivity contribution in [2.45, 2.75) is 52.0 Å². The smallest absolute Gasteiger partial charge is 0.247 e. The van der Waals surface area contributed by atoms with E-state index >= 15 is 0 Å². The Morgan fingerprint density at radius 1 is 1.14 bits per heavy atom. The Kier molecular flexibility index (Phi) is 9.04. The van der Waals surface area contributed by atoms with Crippen LogP contribution >= 0.6 is 11.3 Å². The number of carbonyl (C=O) groups is 1. The first kappa shape index (κ1) is 25.4. The predicted octanol–water partition coefficient (Wildman–Crippen LogP) is 4.97. The Morgan fingerprint density at radius 3 is 2.75 bits per heavy atom. The highest BCUT2D eigenvalue weighted by molar-refractivity contribution is 7.15. The Balaban J connectivity index is 1.31. The number of nitrogens with zero attached hydrogens (tertiary/aromatic N) is 4. The second-order valence-electron chi connectivity index (χ2n) is 8.60. The normalized spacial score (nSPS) is 11.4. The maximum atomic E-state index is 12.1. The molecule has 9 heteroatoms. The number of amides is 1. The third-order valence-electron chi connectivity index (χ3n) is 5.85. The van der Waals surface area contributed by atoms with Crippen molar-refractivity contribution in [2.24, 2.45) is 5.10 Å². The number of nitrogens with one attached hydrogen (secondary N) is 1. The lowest BCUT2D eigenvalue weighted by atomic mass is 10.1. The summed E-state index contributed by atoms with van der Waals surface area (Å²) in [5, 5.41) is 13.6. The van der Waals surface area contributed by atoms with E-state index in [0.717, 1.165) is 28.6 Å². The third-order valence-corrected chi connectivity index (χ3v) is 6.60. The van der Waals surface area contributed by atoms with Crippen LogP contribution in [0.4, 0.5) is 5.13 Å². The molecule has 4 aromatic rings. The van der Waals surface area contributed by atoms with Crippen molar-refractivity contribution in [3.8, 4) is 5.75 Å². The molecule has 0 aliphatic rings. The summed E-state index contributed by atoms with van der Waals surface area (Å²) in [5.41, 5.74) is 11.5. The number of carbonyl (C=O) groups excluding carboxylic acids is 1. The van der Waals surface area contributed by atoms with Gasteiger partial charge in [-0.15, -0.1) is 10.2 Å². The average molecular weight is 505 g/mol. The summed E-state index contributed by atoms with van der Waals surface area (Å²) in [6.45, 7) is 3.48. The molecule has 0 saturated heterocycles. The largest absolute Gasteiger partial charge is 0.492 e. The van der Waals surface area contributed by atoms with Crippen molar-refractivity contribution >= 4 is 39.5 Å². The van der Waals surface area contributed by atoms with Crippen molar-refractivity contribution in [1.82, 2.24) is 20.2 Å². The number of nitrogens with two attached hydrogens (primary N) is 1. The SMILES string of the molecule is CCCCCCc1ccc(OCCn2cc(/C=N\NC(=O)Cc3nnc(N)s3)c3ccccc32)cc1. The van der Waals surface area contributed by atoms with Gasteiger partial charge >= 0.3 is 0 Å². The van der Waals surface area contributed by atoms with E-state index < -0.39 is 0 Å². The molecule has 2 aromatic carbocycles. The zero-order chi connectivity index (χ0) is 25.2. The van der Waals surface area contributed by atoms with Crippen LogP contribution in [0.2, 0.25) is 0 Å². The number of hydrogen-bond acceptors (Lipinski definition) is 7. The van der Waals surface area contributed by atoms with Crippen LogP contribution in [0.25, 0.3) is 10.9 Å². The van der Waals surface area contributed by atoms with Crippen LogP contribution < -0.4 is 15.9 Å². The highest BCUT2D eigenvalue weighted by atomic mass is 32.1. The highest BCUT2D eigenvalue weighted by Gasteiger charge is 2.09. The van der Waals surface area contributed by atoms with E-state index in [1.807, 2.05) is 24.4 Å². The van der Waals surface area contributed by atoms with Crippen molar-refractivity contribution in [1.29, 1.82) is 0 Å². The lowest BCUT2D eigenvalue weighted by molar-refractivity contribution is -0.120. The number of aromatic nitrogens is 3. The van der Waals surface area contributed by atoms with Gasteiger partial charge < -0.3 is 15.0 Å². The predicted molar refractivity (Wildman–Crippen MR) is 145 cm³/mol. The summed E-state index contributed by atoms with van der Waals surface area (Å²) in [6, 6.07) is 16.5. The Labute approximate surface area is 215 Å². The summed E-state index contributed by atoms with van der Waals surface area (Å²) in [7, 11) is 0. The van der Waals surface area contributed by atoms with E-state index in [-0.39, 0.29) is 12.3 Å². The molecule has 0 saturated carbocycles. The van der Waals surface area contributed by atoms with Crippen molar-refractivity contribution < 1.29 is 9.53 Å². The molecule has 8 nitrogen and oxygen atoms in total. The lowest BCUT2D eigenvalue weighted by Crippen LogP contribution is -2.19. The fourth-order valence-corrected chi connectivity index (χ4v) is 4.63. The van der Waals surface area contributed by atoms with E-state index in [9.17, 15) is 4.79 Å². The Hall–Kier alpha value is -3.72. The number of hydrogen-bond donors (Lipinski definition) is 2. The molecule has 0 bridgehead atoms. The molecule has 2 aromatic heterocycles. The minimum absolute atomic E-state index is 0.0884. The van der Waals surface area contributed by atoms with Crippen LogP contribution in [-0.4, -0.2) is 33.5 Å². The van der Waals surface area contributed by atoms with Crippen molar-refractivity contribution in [3.63, 3.8) is 0 Å². The van der Waals surface area contributed by atoms with Crippen LogP contribution in [0.15, 0.2) is 59.8 Å². The van der Waals surface area contributed by atoms with Gasteiger partial charge in [-0.2, -0.15) is 5.10 Å². The Morgan fingerprint density at radius 2 is 1.97 bits per heavy atom. The third kappa shape index (κ3) is 7.14. The number of nitrogen functional groups attached to an aromatic ring is 1. The van der Waals surface area contributed by atoms with E-state index in [4.69, 9.17) is 10.5 Å². The molecule has 0 aliphatic heterocycles. The van der Waals surface area contributed by atoms with Gasteiger partial charge in [0.05, 0.1) is 19.2 Å². The lowest BCUT2D eigenvalue weighted by Gasteiger charge is -2.09. The number of para-hydroxylation sites is 1. The number of aryl methyl sites for hydroxylation is 1. The molecular weight excluding hydrogens is 472 g/mol. The summed E-state index contributed by atoms with van der Waals surface area (Å²) in [4.78, 5) is 12.1. The molecule has 1 amide bonds. The van der Waals surface area contributed by atoms with Crippen LogP contribution in [-0.2, 0) is 24.2 Å². The quantitative estimate of drug-likeness (QED) is 0.152. The molecule has 0 spiro atoms. The first-order chi connectivity index (χ1) is 17.6. The molecular formula is C27H32N6O2S. The van der Waals surface area contributed by atoms with Crippen LogP contribution in [0, 0.1) is 0 Å². The van der Waals surface area contributed by atoms with E-state index in [0.29, 0.717) is 23.3 Å². The van der Waals surface area contributed by atoms with Crippen LogP contribution in [0.5, 0.6) is 5.75 Å². The van der Waals surface area contributed by atoms with Gasteiger partial charge in [0.15, 0.2) is 0 Å². The molecule has 0 unspecified atom stereocenters. The zero-order valence-corrected chi connectivity index (χ0v) is 21.3. The summed E-state index contributed by atoms with van der Waals surface area (Å²) in [6.07, 6.45) is 9.98. The molecule has 0 atom stereocenters. The van der Waals surface area contributed by atoms with E-state index in [2.05, 4.69) is 62.5 Å². The first-order valence-corrected chi connectivity index (χ1v) is 13.1. The molecule has 0 aliphatic carbocycles. The number of hydrazone groups is 1. The monoisotopic (exact) mass is 504 g/mol. The molecule has 2 heterocycles. The Bertz CT molecular complexity index is 1300. The summed E-state index contributed by atoms with van der Waals surface area (Å²) in [5.74, 6) is 0.608. The van der Waals surface area contributed by atoms with Crippen LogP contribution in [0.1, 0.15) is 48.7 Å². The zero-order valence-electron chi connectivity index (χ0n) is 20.5. The number of unbranched alkanes of at least 4 members (excludes halogenated alkanes) is 3. The van der Waals surface area contributed by atoms with Gasteiger partial charge in [-0.3, -0.25) is 4.79 Å². The van der Waals surface area contributed by atoms with Gasteiger partial charge in [0.1, 0.15) is 17.4 Å². The summed E-state index contributed by atoms with van der Waals surface area (Å²) < 4.78 is 8.15. The maximum Gasteiger partial charge on any atom is 0.247 e. The topological polar surface area (TPSA) is 107 Å². The molecule has 0 radical (unpaired) electrons. The van der Waals surface area contributed by atoms with E-state index in [1.165, 1.54) is 42.6 Å². The second-order valence-corrected chi connectivity index (χ2v) is 9.70. The molecule has 0 fully saturated rings. The van der Waals surface area contributed by atoms with Gasteiger partial charge in [-0.05, 0) is 36.6 Å². The number of ether oxygens (including phenoxy) is 1. The first-order valence-electron chi connectivity index (χ1n) is 12.3. The van der Waals surface area contributed by atoms with Crippen LogP contribution in [0.3, 0.4) is 0 Å². The van der Waals surface area contributed by atoms with Gasteiger partial charge in [0.2, 0.25) is 11.0 Å². The standard InChI is InChI=1S/C27H32N6O2S/c1-2-3-4-5-8-20-11-13-22(14-12-20)35-16-15-33-19-21(23-9-6-7-10-24(23)33)18-29-30-25(34)17-26-31-32-27(28)36-26/h6-7,9-14,18-19H,2-5,8,15-17H2,1H3,(H2,28,32)(H,30,34)/b29-18-. The average Bonchev–Trinajstić information content (AvgIpc) is 3.46. The molecule has 4 rings (SSSR count). The fourth-order valence-electron chi connectivity index (χ4n) is 4.02. The molecule has 36 heavy (non-hydrogen) atoms. The van der Waals surface area contributed by atoms with Gasteiger partial charge in [-0.1, -0.05) is 67.9 Å². The van der Waals surface area contributed by atoms with Crippen molar-refractivity contribution in [3.05, 3.63) is 70.9 Å². The number of fused-ring (bicyclic) bond motifs is 1. The summed E-state index contributed by atoms with van der Waals surface area (Å²) >= 11 is 1.19. The minimum Gasteiger partial charge on any atom is -0.492 e. The molecule has 188 valence electrons.